The van der Waals surface area contributed by atoms with Crippen molar-refractivity contribution in [2.45, 2.75) is 19.3 Å². The number of nitrogens with zero attached hydrogens (tertiary/aromatic N) is 2. The van der Waals surface area contributed by atoms with E-state index in [0.29, 0.717) is 50.8 Å². The number of carbonyl (C=O) groups excluding carboxylic acids is 1. The quantitative estimate of drug-likeness (QED) is 0.152. The van der Waals surface area contributed by atoms with Gasteiger partial charge in [0.15, 0.2) is 11.5 Å². The van der Waals surface area contributed by atoms with Gasteiger partial charge in [-0.05, 0) is 109 Å². The molecular weight excluding hydrogens is 638 g/mol. The highest BCUT2D eigenvalue weighted by molar-refractivity contribution is 7.22. The topological polar surface area (TPSA) is 158 Å². The first-order valence-electron chi connectivity index (χ1n) is 15.7. The number of carbonyl (C=O) groups is 3. The summed E-state index contributed by atoms with van der Waals surface area (Å²) in [5.41, 5.74) is 3.41. The number of thiophene rings is 1. The minimum atomic E-state index is -1.82. The zero-order chi connectivity index (χ0) is 34.0. The molecule has 4 aromatic rings. The van der Waals surface area contributed by atoms with E-state index in [1.54, 1.807) is 29.4 Å². The molecule has 254 valence electrons. The summed E-state index contributed by atoms with van der Waals surface area (Å²) in [6, 6.07) is 19.9. The Hall–Kier alpha value is -5.01. The maximum absolute atomic E-state index is 11.8. The molecule has 2 aliphatic heterocycles. The molecule has 3 heterocycles. The van der Waals surface area contributed by atoms with E-state index in [1.165, 1.54) is 36.4 Å². The second kappa shape index (κ2) is 16.2. The number of fused-ring (bicyclic) bond motifs is 1. The molecule has 0 bridgehead atoms. The summed E-state index contributed by atoms with van der Waals surface area (Å²) in [5.74, 6) is -1.19. The highest BCUT2D eigenvalue weighted by Crippen LogP contribution is 2.42. The van der Waals surface area contributed by atoms with Gasteiger partial charge in [0.25, 0.3) is 0 Å². The lowest BCUT2D eigenvalue weighted by molar-refractivity contribution is -0.159. The van der Waals surface area contributed by atoms with Crippen LogP contribution in [0.1, 0.15) is 24.0 Å². The summed E-state index contributed by atoms with van der Waals surface area (Å²) < 4.78 is 18.7. The molecule has 4 N–H and O–H groups in total. The third-order valence-corrected chi connectivity index (χ3v) is 9.37. The molecule has 2 fully saturated rings. The van der Waals surface area contributed by atoms with E-state index in [1.807, 2.05) is 36.4 Å². The van der Waals surface area contributed by atoms with Gasteiger partial charge in [-0.3, -0.25) is 4.90 Å². The molecule has 3 aromatic carbocycles. The van der Waals surface area contributed by atoms with Gasteiger partial charge < -0.3 is 39.7 Å². The van der Waals surface area contributed by atoms with E-state index < -0.39 is 11.9 Å². The van der Waals surface area contributed by atoms with E-state index >= 15 is 0 Å². The fourth-order valence-corrected chi connectivity index (χ4v) is 6.94. The number of phenolic OH excluding ortho intramolecular Hbond substituents is 1. The zero-order valence-electron chi connectivity index (χ0n) is 26.6. The van der Waals surface area contributed by atoms with Gasteiger partial charge in [-0.25, -0.2) is 14.4 Å². The summed E-state index contributed by atoms with van der Waals surface area (Å²) in [4.78, 5) is 35.4. The second-order valence-electron chi connectivity index (χ2n) is 11.4. The van der Waals surface area contributed by atoms with Gasteiger partial charge in [0, 0.05) is 29.2 Å². The number of amides is 2. The van der Waals surface area contributed by atoms with Crippen molar-refractivity contribution in [2.24, 2.45) is 0 Å². The standard InChI is InChI=1S/C33H37N3O5S.C2H2O4/c1-39-30-21-23(4-11-29(30)41-19-17-36-15-12-34-33(36)38)20-28-27-10-7-25(37)22-31(27)42-32(28)24-5-8-26(9-6-24)40-18-16-35-13-2-3-14-35;3-1(4)2(5)6/h4-11,21-22,37H,2-3,12-20H2,1H3,(H,34,38);(H,3,4)(H,5,6). The van der Waals surface area contributed by atoms with Gasteiger partial charge in [-0.1, -0.05) is 6.07 Å². The van der Waals surface area contributed by atoms with Gasteiger partial charge in [0.2, 0.25) is 0 Å². The van der Waals surface area contributed by atoms with E-state index in [9.17, 15) is 9.90 Å². The fourth-order valence-electron chi connectivity index (χ4n) is 5.68. The van der Waals surface area contributed by atoms with Crippen LogP contribution in [0.15, 0.2) is 60.7 Å². The number of hydrogen-bond acceptors (Lipinski definition) is 9. The van der Waals surface area contributed by atoms with Crippen LogP contribution in [0, 0.1) is 0 Å². The van der Waals surface area contributed by atoms with E-state index in [2.05, 4.69) is 28.4 Å². The molecule has 2 saturated heterocycles. The average Bonchev–Trinajstić information content (AvgIpc) is 3.83. The molecule has 0 unspecified atom stereocenters. The average molecular weight is 678 g/mol. The van der Waals surface area contributed by atoms with E-state index in [0.717, 1.165) is 33.5 Å². The van der Waals surface area contributed by atoms with Crippen molar-refractivity contribution < 1.29 is 43.9 Å². The van der Waals surface area contributed by atoms with Crippen LogP contribution in [0.2, 0.25) is 0 Å². The Kier molecular flexibility index (Phi) is 11.6. The van der Waals surface area contributed by atoms with Crippen molar-refractivity contribution >= 4 is 39.4 Å². The van der Waals surface area contributed by atoms with Crippen LogP contribution in [-0.4, -0.2) is 103 Å². The Bertz CT molecular complexity index is 1720. The van der Waals surface area contributed by atoms with E-state index in [-0.39, 0.29) is 11.8 Å². The van der Waals surface area contributed by atoms with Crippen LogP contribution in [0.3, 0.4) is 0 Å². The molecule has 2 aliphatic rings. The highest BCUT2D eigenvalue weighted by atomic mass is 32.1. The number of hydrogen-bond donors (Lipinski definition) is 4. The molecule has 0 saturated carbocycles. The lowest BCUT2D eigenvalue weighted by Gasteiger charge is -2.16. The SMILES string of the molecule is COc1cc(Cc2c(-c3ccc(OCCN4CCCC4)cc3)sc3cc(O)ccc23)ccc1OCCN1CCNC1=O.O=C(O)C(=O)O. The first kappa shape index (κ1) is 34.3. The van der Waals surface area contributed by atoms with Gasteiger partial charge in [0.05, 0.1) is 13.7 Å². The van der Waals surface area contributed by atoms with Gasteiger partial charge in [-0.15, -0.1) is 11.3 Å². The number of benzene rings is 3. The van der Waals surface area contributed by atoms with Crippen molar-refractivity contribution in [3.63, 3.8) is 0 Å². The maximum Gasteiger partial charge on any atom is 0.414 e. The monoisotopic (exact) mass is 677 g/mol. The second-order valence-corrected chi connectivity index (χ2v) is 12.4. The van der Waals surface area contributed by atoms with Crippen LogP contribution in [0.4, 0.5) is 4.79 Å². The summed E-state index contributed by atoms with van der Waals surface area (Å²) in [6.07, 6.45) is 3.27. The smallest absolute Gasteiger partial charge is 0.414 e. The van der Waals surface area contributed by atoms with Crippen LogP contribution in [-0.2, 0) is 16.0 Å². The minimum Gasteiger partial charge on any atom is -0.508 e. The summed E-state index contributed by atoms with van der Waals surface area (Å²) in [5, 5.41) is 28.9. The molecule has 48 heavy (non-hydrogen) atoms. The van der Waals surface area contributed by atoms with Crippen molar-refractivity contribution in [3.8, 4) is 33.4 Å². The normalized spacial score (nSPS) is 14.4. The third-order valence-electron chi connectivity index (χ3n) is 8.12. The molecular formula is C35H39N3O9S. The number of carboxylic acids is 2. The van der Waals surface area contributed by atoms with Crippen molar-refractivity contribution in [3.05, 3.63) is 71.8 Å². The lowest BCUT2D eigenvalue weighted by atomic mass is 9.98. The molecule has 12 nitrogen and oxygen atoms in total. The number of methoxy groups -OCH3 is 1. The van der Waals surface area contributed by atoms with Crippen LogP contribution in [0.25, 0.3) is 20.5 Å². The number of phenols is 1. The number of urea groups is 1. The summed E-state index contributed by atoms with van der Waals surface area (Å²) in [6.45, 7) is 6.30. The minimum absolute atomic E-state index is 0.0484. The maximum atomic E-state index is 11.8. The van der Waals surface area contributed by atoms with E-state index in [4.69, 9.17) is 34.0 Å². The number of aliphatic carboxylic acids is 2. The molecule has 2 amide bonds. The molecule has 0 radical (unpaired) electrons. The fraction of sp³-hybridized carbons (Fsp3) is 0.343. The molecule has 0 atom stereocenters. The Morgan fingerprint density at radius 3 is 2.27 bits per heavy atom. The van der Waals surface area contributed by atoms with Crippen LogP contribution in [0.5, 0.6) is 23.0 Å². The van der Waals surface area contributed by atoms with Crippen LogP contribution < -0.4 is 19.5 Å². The molecule has 0 aliphatic carbocycles. The number of aromatic hydroxyl groups is 1. The Balaban J connectivity index is 0.000000689. The molecule has 1 aromatic heterocycles. The number of ether oxygens (including phenoxy) is 3. The first-order valence-corrected chi connectivity index (χ1v) is 16.5. The lowest BCUT2D eigenvalue weighted by Crippen LogP contribution is -2.31. The predicted octanol–water partition coefficient (Wildman–Crippen LogP) is 4.91. The third kappa shape index (κ3) is 8.87. The Morgan fingerprint density at radius 1 is 0.875 bits per heavy atom. The molecule has 0 spiro atoms. The highest BCUT2D eigenvalue weighted by Gasteiger charge is 2.20. The largest absolute Gasteiger partial charge is 0.508 e. The van der Waals surface area contributed by atoms with Crippen LogP contribution >= 0.6 is 11.3 Å². The van der Waals surface area contributed by atoms with Crippen molar-refractivity contribution in [1.82, 2.24) is 15.1 Å². The van der Waals surface area contributed by atoms with Crippen molar-refractivity contribution in [1.29, 1.82) is 0 Å². The number of likely N-dealkylation sites (tertiary alicyclic amines) is 1. The van der Waals surface area contributed by atoms with Gasteiger partial charge >= 0.3 is 18.0 Å². The molecule has 13 heteroatoms. The zero-order valence-corrected chi connectivity index (χ0v) is 27.5. The van der Waals surface area contributed by atoms with Gasteiger partial charge in [-0.2, -0.15) is 0 Å². The Morgan fingerprint density at radius 2 is 1.60 bits per heavy atom. The number of carboxylic acid groups (broad SMARTS) is 2. The molecule has 6 rings (SSSR count). The predicted molar refractivity (Wildman–Crippen MR) is 182 cm³/mol. The number of rotatable bonds is 12. The summed E-state index contributed by atoms with van der Waals surface area (Å²) >= 11 is 1.69. The summed E-state index contributed by atoms with van der Waals surface area (Å²) in [7, 11) is 1.64. The van der Waals surface area contributed by atoms with Gasteiger partial charge in [0.1, 0.15) is 24.7 Å². The van der Waals surface area contributed by atoms with Crippen molar-refractivity contribution in [2.75, 3.05) is 59.6 Å². The number of nitrogens with one attached hydrogen (secondary N) is 1. The first-order chi connectivity index (χ1) is 23.2. The Labute approximate surface area is 282 Å².